The standard InChI is InChI=1S/C26H27ClN2O2/c27-22-13-14-25-24(16-22)29(18-21-10-5-2-6-11-21)23(19-31-25)17-26(30)28-15-7-12-20-8-3-1-4-9-20/h1-6,8-11,13-14,16,23H,7,12,15,17-19H2,(H,28,30). The van der Waals surface area contributed by atoms with Gasteiger partial charge in [0, 0.05) is 18.1 Å². The molecule has 1 aliphatic heterocycles. The maximum absolute atomic E-state index is 12.7. The predicted octanol–water partition coefficient (Wildman–Crippen LogP) is 5.25. The summed E-state index contributed by atoms with van der Waals surface area (Å²) in [6.45, 7) is 1.84. The van der Waals surface area contributed by atoms with Crippen LogP contribution in [0.4, 0.5) is 5.69 Å². The maximum atomic E-state index is 12.7. The molecule has 0 aliphatic carbocycles. The lowest BCUT2D eigenvalue weighted by Gasteiger charge is -2.38. The minimum absolute atomic E-state index is 0.0465. The van der Waals surface area contributed by atoms with Gasteiger partial charge < -0.3 is 15.0 Å². The largest absolute Gasteiger partial charge is 0.489 e. The highest BCUT2D eigenvalue weighted by molar-refractivity contribution is 6.31. The first-order valence-electron chi connectivity index (χ1n) is 10.7. The van der Waals surface area contributed by atoms with E-state index in [1.165, 1.54) is 11.1 Å². The Balaban J connectivity index is 1.39. The fourth-order valence-electron chi connectivity index (χ4n) is 3.92. The molecule has 160 valence electrons. The number of halogens is 1. The zero-order chi connectivity index (χ0) is 21.5. The highest BCUT2D eigenvalue weighted by Crippen LogP contribution is 2.37. The summed E-state index contributed by atoms with van der Waals surface area (Å²) < 4.78 is 5.96. The SMILES string of the molecule is O=C(CC1COc2ccc(Cl)cc2N1Cc1ccccc1)NCCCc1ccccc1. The molecule has 1 N–H and O–H groups in total. The zero-order valence-electron chi connectivity index (χ0n) is 17.5. The third kappa shape index (κ3) is 5.80. The summed E-state index contributed by atoms with van der Waals surface area (Å²) in [5.41, 5.74) is 3.41. The van der Waals surface area contributed by atoms with Crippen LogP contribution in [0.15, 0.2) is 78.9 Å². The number of aryl methyl sites for hydroxylation is 1. The minimum atomic E-state index is -0.0553. The Morgan fingerprint density at radius 2 is 1.71 bits per heavy atom. The normalized spacial score (nSPS) is 15.1. The van der Waals surface area contributed by atoms with Crippen LogP contribution in [0, 0.1) is 0 Å². The van der Waals surface area contributed by atoms with E-state index in [-0.39, 0.29) is 11.9 Å². The van der Waals surface area contributed by atoms with Gasteiger partial charge in [-0.05, 0) is 42.2 Å². The Morgan fingerprint density at radius 3 is 2.45 bits per heavy atom. The average molecular weight is 435 g/mol. The molecule has 0 spiro atoms. The van der Waals surface area contributed by atoms with E-state index in [1.807, 2.05) is 54.6 Å². The van der Waals surface area contributed by atoms with Crippen molar-refractivity contribution in [1.82, 2.24) is 5.32 Å². The number of carbonyl (C=O) groups excluding carboxylic acids is 1. The first-order valence-corrected chi connectivity index (χ1v) is 11.1. The second-order valence-corrected chi connectivity index (χ2v) is 8.27. The number of fused-ring (bicyclic) bond motifs is 1. The van der Waals surface area contributed by atoms with Gasteiger partial charge in [-0.15, -0.1) is 0 Å². The van der Waals surface area contributed by atoms with Gasteiger partial charge >= 0.3 is 0 Å². The molecule has 0 aromatic heterocycles. The average Bonchev–Trinajstić information content (AvgIpc) is 2.80. The third-order valence-electron chi connectivity index (χ3n) is 5.53. The first-order chi connectivity index (χ1) is 15.2. The molecule has 5 heteroatoms. The lowest BCUT2D eigenvalue weighted by molar-refractivity contribution is -0.121. The number of benzene rings is 3. The predicted molar refractivity (Wildman–Crippen MR) is 126 cm³/mol. The van der Waals surface area contributed by atoms with Gasteiger partial charge in [0.25, 0.3) is 0 Å². The number of nitrogens with zero attached hydrogens (tertiary/aromatic N) is 1. The molecule has 4 nitrogen and oxygen atoms in total. The van der Waals surface area contributed by atoms with Crippen molar-refractivity contribution in [1.29, 1.82) is 0 Å². The summed E-state index contributed by atoms with van der Waals surface area (Å²) in [4.78, 5) is 14.9. The van der Waals surface area contributed by atoms with Crippen LogP contribution < -0.4 is 15.0 Å². The Labute approximate surface area is 188 Å². The summed E-state index contributed by atoms with van der Waals surface area (Å²) in [5.74, 6) is 0.852. The van der Waals surface area contributed by atoms with Crippen LogP contribution >= 0.6 is 11.6 Å². The molecule has 0 fully saturated rings. The molecule has 0 saturated heterocycles. The van der Waals surface area contributed by atoms with Crippen molar-refractivity contribution in [3.05, 3.63) is 95.0 Å². The van der Waals surface area contributed by atoms with Crippen LogP contribution in [0.1, 0.15) is 24.0 Å². The van der Waals surface area contributed by atoms with Crippen LogP contribution in [-0.4, -0.2) is 25.1 Å². The molecular formula is C26H27ClN2O2. The van der Waals surface area contributed by atoms with Crippen LogP contribution in [0.25, 0.3) is 0 Å². The van der Waals surface area contributed by atoms with Crippen LogP contribution in [-0.2, 0) is 17.8 Å². The van der Waals surface area contributed by atoms with Crippen molar-refractivity contribution in [3.8, 4) is 5.75 Å². The number of carbonyl (C=O) groups is 1. The Morgan fingerprint density at radius 1 is 1.00 bits per heavy atom. The van der Waals surface area contributed by atoms with Gasteiger partial charge in [-0.2, -0.15) is 0 Å². The van der Waals surface area contributed by atoms with Crippen molar-refractivity contribution in [3.63, 3.8) is 0 Å². The van der Waals surface area contributed by atoms with Crippen LogP contribution in [0.2, 0.25) is 5.02 Å². The fourth-order valence-corrected chi connectivity index (χ4v) is 4.09. The quantitative estimate of drug-likeness (QED) is 0.492. The van der Waals surface area contributed by atoms with E-state index < -0.39 is 0 Å². The molecule has 3 aromatic carbocycles. The van der Waals surface area contributed by atoms with Crippen molar-refractivity contribution < 1.29 is 9.53 Å². The van der Waals surface area contributed by atoms with Crippen molar-refractivity contribution in [2.24, 2.45) is 0 Å². The molecule has 1 heterocycles. The first kappa shape index (κ1) is 21.3. The molecule has 3 aromatic rings. The van der Waals surface area contributed by atoms with Gasteiger partial charge in [-0.25, -0.2) is 0 Å². The summed E-state index contributed by atoms with van der Waals surface area (Å²) >= 11 is 6.27. The summed E-state index contributed by atoms with van der Waals surface area (Å²) in [7, 11) is 0. The number of anilines is 1. The molecular weight excluding hydrogens is 408 g/mol. The van der Waals surface area contributed by atoms with E-state index >= 15 is 0 Å². The monoisotopic (exact) mass is 434 g/mol. The molecule has 31 heavy (non-hydrogen) atoms. The molecule has 1 unspecified atom stereocenters. The number of nitrogens with one attached hydrogen (secondary N) is 1. The molecule has 1 amide bonds. The Kier molecular flexibility index (Phi) is 7.11. The molecule has 1 atom stereocenters. The van der Waals surface area contributed by atoms with Gasteiger partial charge in [0.1, 0.15) is 12.4 Å². The second-order valence-electron chi connectivity index (χ2n) is 7.83. The van der Waals surface area contributed by atoms with Gasteiger partial charge in [0.05, 0.1) is 18.2 Å². The topological polar surface area (TPSA) is 41.6 Å². The number of amides is 1. The molecule has 1 aliphatic rings. The molecule has 0 radical (unpaired) electrons. The van der Waals surface area contributed by atoms with Gasteiger partial charge in [0.2, 0.25) is 5.91 Å². The van der Waals surface area contributed by atoms with Crippen LogP contribution in [0.3, 0.4) is 0 Å². The van der Waals surface area contributed by atoms with E-state index in [4.69, 9.17) is 16.3 Å². The minimum Gasteiger partial charge on any atom is -0.489 e. The molecule has 0 bridgehead atoms. The zero-order valence-corrected chi connectivity index (χ0v) is 18.2. The Hall–Kier alpha value is -2.98. The van der Waals surface area contributed by atoms with E-state index in [2.05, 4.69) is 34.5 Å². The van der Waals surface area contributed by atoms with Crippen molar-refractivity contribution >= 4 is 23.2 Å². The van der Waals surface area contributed by atoms with Gasteiger partial charge in [0.15, 0.2) is 0 Å². The number of hydrogen-bond donors (Lipinski definition) is 1. The fraction of sp³-hybridized carbons (Fsp3) is 0.269. The highest BCUT2D eigenvalue weighted by atomic mass is 35.5. The number of hydrogen-bond acceptors (Lipinski definition) is 3. The third-order valence-corrected chi connectivity index (χ3v) is 5.76. The lowest BCUT2D eigenvalue weighted by Crippen LogP contribution is -2.45. The van der Waals surface area contributed by atoms with E-state index in [9.17, 15) is 4.79 Å². The van der Waals surface area contributed by atoms with Crippen LogP contribution in [0.5, 0.6) is 5.75 Å². The van der Waals surface area contributed by atoms with Gasteiger partial charge in [-0.1, -0.05) is 72.3 Å². The number of rotatable bonds is 8. The van der Waals surface area contributed by atoms with E-state index in [0.29, 0.717) is 31.1 Å². The van der Waals surface area contributed by atoms with Crippen molar-refractivity contribution in [2.45, 2.75) is 31.8 Å². The summed E-state index contributed by atoms with van der Waals surface area (Å²) in [5, 5.41) is 3.73. The Bertz CT molecular complexity index is 995. The van der Waals surface area contributed by atoms with Crippen molar-refractivity contribution in [2.75, 3.05) is 18.1 Å². The van der Waals surface area contributed by atoms with E-state index in [1.54, 1.807) is 0 Å². The number of ether oxygens (including phenoxy) is 1. The molecule has 4 rings (SSSR count). The summed E-state index contributed by atoms with van der Waals surface area (Å²) in [6, 6.07) is 26.2. The van der Waals surface area contributed by atoms with E-state index in [0.717, 1.165) is 24.3 Å². The molecule has 0 saturated carbocycles. The summed E-state index contributed by atoms with van der Waals surface area (Å²) in [6.07, 6.45) is 2.26. The maximum Gasteiger partial charge on any atom is 0.222 e. The highest BCUT2D eigenvalue weighted by Gasteiger charge is 2.29. The second kappa shape index (κ2) is 10.4. The smallest absolute Gasteiger partial charge is 0.222 e. The van der Waals surface area contributed by atoms with Gasteiger partial charge in [-0.3, -0.25) is 4.79 Å². The lowest BCUT2D eigenvalue weighted by atomic mass is 10.1.